The van der Waals surface area contributed by atoms with Crippen LogP contribution in [0, 0.1) is 5.41 Å². The second-order valence-electron chi connectivity index (χ2n) is 4.83. The fraction of sp³-hybridized carbons (Fsp3) is 0.538. The van der Waals surface area contributed by atoms with Crippen LogP contribution in [0.2, 0.25) is 0 Å². The monoisotopic (exact) mass is 249 g/mol. The van der Waals surface area contributed by atoms with Crippen LogP contribution in [0.3, 0.4) is 0 Å². The molecule has 0 amide bonds. The largest absolute Gasteiger partial charge is 0.388 e. The highest BCUT2D eigenvalue weighted by atomic mass is 32.1. The van der Waals surface area contributed by atoms with Crippen molar-refractivity contribution < 1.29 is 0 Å². The normalized spacial score (nSPS) is 17.2. The standard InChI is InChI=1S/C13H19N3S/c1-2-13(7-4-8-13)9-15-11-6-3-5-10(16-11)12(14)17/h3,5-6H,2,4,7-9H2,1H3,(H2,14,17)(H,15,16). The molecule has 1 heterocycles. The number of rotatable bonds is 5. The Labute approximate surface area is 108 Å². The molecular formula is C13H19N3S. The molecule has 0 atom stereocenters. The van der Waals surface area contributed by atoms with Gasteiger partial charge < -0.3 is 11.1 Å². The minimum Gasteiger partial charge on any atom is -0.388 e. The van der Waals surface area contributed by atoms with Crippen molar-refractivity contribution in [3.63, 3.8) is 0 Å². The first-order valence-electron chi connectivity index (χ1n) is 6.16. The quantitative estimate of drug-likeness (QED) is 0.788. The molecule has 2 rings (SSSR count). The van der Waals surface area contributed by atoms with E-state index in [0.29, 0.717) is 16.1 Å². The number of hydrogen-bond acceptors (Lipinski definition) is 3. The molecule has 17 heavy (non-hydrogen) atoms. The van der Waals surface area contributed by atoms with Crippen LogP contribution in [0.5, 0.6) is 0 Å². The Morgan fingerprint density at radius 3 is 2.82 bits per heavy atom. The van der Waals surface area contributed by atoms with E-state index in [1.54, 1.807) is 0 Å². The van der Waals surface area contributed by atoms with Crippen molar-refractivity contribution in [2.75, 3.05) is 11.9 Å². The molecule has 0 bridgehead atoms. The molecular weight excluding hydrogens is 230 g/mol. The van der Waals surface area contributed by atoms with Crippen molar-refractivity contribution in [1.29, 1.82) is 0 Å². The van der Waals surface area contributed by atoms with E-state index in [2.05, 4.69) is 17.2 Å². The number of hydrogen-bond donors (Lipinski definition) is 2. The zero-order chi connectivity index (χ0) is 12.3. The summed E-state index contributed by atoms with van der Waals surface area (Å²) >= 11 is 4.92. The van der Waals surface area contributed by atoms with Crippen LogP contribution in [0.4, 0.5) is 5.82 Å². The van der Waals surface area contributed by atoms with Crippen LogP contribution in [-0.2, 0) is 0 Å². The van der Waals surface area contributed by atoms with Crippen molar-refractivity contribution in [1.82, 2.24) is 4.98 Å². The van der Waals surface area contributed by atoms with Crippen LogP contribution >= 0.6 is 12.2 Å². The summed E-state index contributed by atoms with van der Waals surface area (Å²) in [5.74, 6) is 0.870. The molecule has 1 saturated carbocycles. The molecule has 3 nitrogen and oxygen atoms in total. The zero-order valence-electron chi connectivity index (χ0n) is 10.2. The van der Waals surface area contributed by atoms with Gasteiger partial charge in [-0.15, -0.1) is 0 Å². The van der Waals surface area contributed by atoms with E-state index in [1.807, 2.05) is 18.2 Å². The summed E-state index contributed by atoms with van der Waals surface area (Å²) in [5, 5.41) is 3.41. The van der Waals surface area contributed by atoms with Crippen LogP contribution < -0.4 is 11.1 Å². The predicted octanol–water partition coefficient (Wildman–Crippen LogP) is 2.71. The average molecular weight is 249 g/mol. The third-order valence-electron chi connectivity index (χ3n) is 3.81. The average Bonchev–Trinajstić information content (AvgIpc) is 2.28. The summed E-state index contributed by atoms with van der Waals surface area (Å²) in [6, 6.07) is 5.74. The fourth-order valence-corrected chi connectivity index (χ4v) is 2.39. The second kappa shape index (κ2) is 5.00. The molecule has 1 aromatic heterocycles. The highest BCUT2D eigenvalue weighted by Gasteiger charge is 2.34. The summed E-state index contributed by atoms with van der Waals surface area (Å²) in [5.41, 5.74) is 6.74. The molecule has 4 heteroatoms. The van der Waals surface area contributed by atoms with Crippen molar-refractivity contribution in [3.05, 3.63) is 23.9 Å². The van der Waals surface area contributed by atoms with Gasteiger partial charge in [-0.3, -0.25) is 0 Å². The van der Waals surface area contributed by atoms with E-state index in [4.69, 9.17) is 18.0 Å². The number of nitrogens with two attached hydrogens (primary N) is 1. The maximum Gasteiger partial charge on any atom is 0.126 e. The SMILES string of the molecule is CCC1(CNc2cccc(C(N)=S)n2)CCC1. The first kappa shape index (κ1) is 12.3. The third-order valence-corrected chi connectivity index (χ3v) is 4.02. The molecule has 0 saturated heterocycles. The lowest BCUT2D eigenvalue weighted by Gasteiger charge is -2.41. The summed E-state index contributed by atoms with van der Waals surface area (Å²) in [6.45, 7) is 3.26. The highest BCUT2D eigenvalue weighted by Crippen LogP contribution is 2.43. The Morgan fingerprint density at radius 1 is 1.53 bits per heavy atom. The first-order valence-corrected chi connectivity index (χ1v) is 6.57. The second-order valence-corrected chi connectivity index (χ2v) is 5.27. The van der Waals surface area contributed by atoms with E-state index < -0.39 is 0 Å². The molecule has 0 aromatic carbocycles. The van der Waals surface area contributed by atoms with Gasteiger partial charge in [0.2, 0.25) is 0 Å². The Kier molecular flexibility index (Phi) is 3.62. The van der Waals surface area contributed by atoms with E-state index >= 15 is 0 Å². The molecule has 1 aliphatic rings. The van der Waals surface area contributed by atoms with Gasteiger partial charge in [-0.05, 0) is 36.8 Å². The number of nitrogens with zero attached hydrogens (tertiary/aromatic N) is 1. The highest BCUT2D eigenvalue weighted by molar-refractivity contribution is 7.80. The van der Waals surface area contributed by atoms with Crippen molar-refractivity contribution >= 4 is 23.0 Å². The van der Waals surface area contributed by atoms with Gasteiger partial charge in [0.15, 0.2) is 0 Å². The first-order chi connectivity index (χ1) is 8.15. The van der Waals surface area contributed by atoms with Crippen LogP contribution in [0.1, 0.15) is 38.3 Å². The predicted molar refractivity (Wildman–Crippen MR) is 75.2 cm³/mol. The minimum absolute atomic E-state index is 0.350. The lowest BCUT2D eigenvalue weighted by atomic mass is 9.67. The van der Waals surface area contributed by atoms with Crippen molar-refractivity contribution in [2.45, 2.75) is 32.6 Å². The van der Waals surface area contributed by atoms with E-state index in [9.17, 15) is 0 Å². The third kappa shape index (κ3) is 2.75. The number of pyridine rings is 1. The van der Waals surface area contributed by atoms with Gasteiger partial charge in [0.1, 0.15) is 10.8 Å². The van der Waals surface area contributed by atoms with Gasteiger partial charge in [-0.25, -0.2) is 4.98 Å². The molecule has 0 aliphatic heterocycles. The van der Waals surface area contributed by atoms with Crippen molar-refractivity contribution in [3.8, 4) is 0 Å². The molecule has 1 aromatic rings. The Morgan fingerprint density at radius 2 is 2.29 bits per heavy atom. The van der Waals surface area contributed by atoms with Gasteiger partial charge in [-0.1, -0.05) is 31.6 Å². The van der Waals surface area contributed by atoms with Gasteiger partial charge in [0, 0.05) is 6.54 Å². The van der Waals surface area contributed by atoms with E-state index in [0.717, 1.165) is 12.4 Å². The Balaban J connectivity index is 1.99. The number of anilines is 1. The van der Waals surface area contributed by atoms with Gasteiger partial charge in [-0.2, -0.15) is 0 Å². The molecule has 3 N–H and O–H groups in total. The molecule has 92 valence electrons. The van der Waals surface area contributed by atoms with Crippen LogP contribution in [0.15, 0.2) is 18.2 Å². The zero-order valence-corrected chi connectivity index (χ0v) is 11.0. The summed E-state index contributed by atoms with van der Waals surface area (Å²) in [7, 11) is 0. The van der Waals surface area contributed by atoms with Crippen LogP contribution in [0.25, 0.3) is 0 Å². The topological polar surface area (TPSA) is 50.9 Å². The number of nitrogens with one attached hydrogen (secondary N) is 1. The molecule has 0 unspecified atom stereocenters. The number of thiocarbonyl (C=S) groups is 1. The summed E-state index contributed by atoms with van der Waals surface area (Å²) in [4.78, 5) is 4.74. The smallest absolute Gasteiger partial charge is 0.126 e. The molecule has 0 spiro atoms. The fourth-order valence-electron chi connectivity index (χ4n) is 2.28. The Bertz CT molecular complexity index is 407. The van der Waals surface area contributed by atoms with E-state index in [1.165, 1.54) is 25.7 Å². The van der Waals surface area contributed by atoms with Gasteiger partial charge >= 0.3 is 0 Å². The molecule has 0 radical (unpaired) electrons. The molecule has 1 aliphatic carbocycles. The van der Waals surface area contributed by atoms with E-state index in [-0.39, 0.29) is 0 Å². The van der Waals surface area contributed by atoms with Crippen LogP contribution in [-0.4, -0.2) is 16.5 Å². The molecule has 1 fully saturated rings. The summed E-state index contributed by atoms with van der Waals surface area (Å²) < 4.78 is 0. The Hall–Kier alpha value is -1.16. The van der Waals surface area contributed by atoms with Crippen molar-refractivity contribution in [2.24, 2.45) is 11.1 Å². The lowest BCUT2D eigenvalue weighted by Crippen LogP contribution is -2.36. The maximum absolute atomic E-state index is 5.57. The minimum atomic E-state index is 0.350. The summed E-state index contributed by atoms with van der Waals surface area (Å²) in [6.07, 6.45) is 5.24. The van der Waals surface area contributed by atoms with Gasteiger partial charge in [0.05, 0.1) is 5.69 Å². The number of aromatic nitrogens is 1. The maximum atomic E-state index is 5.57. The lowest BCUT2D eigenvalue weighted by molar-refractivity contribution is 0.145. The van der Waals surface area contributed by atoms with Gasteiger partial charge in [0.25, 0.3) is 0 Å².